The van der Waals surface area contributed by atoms with E-state index in [2.05, 4.69) is 16.0 Å². The third kappa shape index (κ3) is 6.46. The molecule has 2 aromatic rings. The van der Waals surface area contributed by atoms with E-state index in [1.54, 1.807) is 18.2 Å². The number of ether oxygens (including phenoxy) is 2. The molecule has 2 amide bonds. The van der Waals surface area contributed by atoms with Crippen LogP contribution in [0.3, 0.4) is 0 Å². The molecule has 2 atom stereocenters. The number of anilines is 1. The highest BCUT2D eigenvalue weighted by molar-refractivity contribution is 6.31. The highest BCUT2D eigenvalue weighted by Crippen LogP contribution is 2.28. The van der Waals surface area contributed by atoms with E-state index in [4.69, 9.17) is 32.7 Å². The zero-order valence-electron chi connectivity index (χ0n) is 16.7. The monoisotopic (exact) mass is 469 g/mol. The Balaban J connectivity index is 1.43. The third-order valence-electron chi connectivity index (χ3n) is 4.78. The fourth-order valence-electron chi connectivity index (χ4n) is 3.18. The summed E-state index contributed by atoms with van der Waals surface area (Å²) in [6.45, 7) is 0.176. The van der Waals surface area contributed by atoms with Gasteiger partial charge in [0, 0.05) is 29.7 Å². The van der Waals surface area contributed by atoms with Crippen LogP contribution >= 0.6 is 23.2 Å². The zero-order valence-corrected chi connectivity index (χ0v) is 18.2. The van der Waals surface area contributed by atoms with Crippen molar-refractivity contribution in [2.45, 2.75) is 24.9 Å². The molecular weight excluding hydrogens is 448 g/mol. The van der Waals surface area contributed by atoms with Gasteiger partial charge in [-0.2, -0.15) is 0 Å². The SMILES string of the molecule is COc1cc(Cl)ccc1NC(=O)C1CCC(NC(=O)COc2ccc(Cl)c(F)c2)CN1. The predicted octanol–water partition coefficient (Wildman–Crippen LogP) is 3.40. The molecule has 0 aromatic heterocycles. The number of halogens is 3. The van der Waals surface area contributed by atoms with Crippen molar-refractivity contribution in [1.29, 1.82) is 0 Å². The van der Waals surface area contributed by atoms with Crippen molar-refractivity contribution in [2.24, 2.45) is 0 Å². The maximum atomic E-state index is 13.4. The molecule has 0 aliphatic carbocycles. The minimum Gasteiger partial charge on any atom is -0.495 e. The molecule has 3 N–H and O–H groups in total. The number of piperidine rings is 1. The van der Waals surface area contributed by atoms with Crippen molar-refractivity contribution in [1.82, 2.24) is 10.6 Å². The third-order valence-corrected chi connectivity index (χ3v) is 5.32. The molecule has 3 rings (SSSR count). The summed E-state index contributed by atoms with van der Waals surface area (Å²) < 4.78 is 23.9. The van der Waals surface area contributed by atoms with E-state index >= 15 is 0 Å². The molecule has 1 fully saturated rings. The van der Waals surface area contributed by atoms with Crippen molar-refractivity contribution in [2.75, 3.05) is 25.6 Å². The predicted molar refractivity (Wildman–Crippen MR) is 116 cm³/mol. The van der Waals surface area contributed by atoms with Gasteiger partial charge >= 0.3 is 0 Å². The van der Waals surface area contributed by atoms with Crippen molar-refractivity contribution in [3.63, 3.8) is 0 Å². The summed E-state index contributed by atoms with van der Waals surface area (Å²) in [5.74, 6) is -0.457. The molecule has 1 aliphatic heterocycles. The van der Waals surface area contributed by atoms with Crippen molar-refractivity contribution in [3.8, 4) is 11.5 Å². The molecule has 31 heavy (non-hydrogen) atoms. The van der Waals surface area contributed by atoms with Crippen LogP contribution in [0.1, 0.15) is 12.8 Å². The minimum atomic E-state index is -0.614. The van der Waals surface area contributed by atoms with Gasteiger partial charge in [-0.1, -0.05) is 23.2 Å². The van der Waals surface area contributed by atoms with Crippen LogP contribution in [0, 0.1) is 5.82 Å². The second kappa shape index (κ2) is 10.7. The van der Waals surface area contributed by atoms with E-state index in [-0.39, 0.29) is 35.2 Å². The molecule has 1 aliphatic rings. The topological polar surface area (TPSA) is 88.7 Å². The highest BCUT2D eigenvalue weighted by Gasteiger charge is 2.27. The molecule has 0 bridgehead atoms. The molecule has 2 aromatic carbocycles. The smallest absolute Gasteiger partial charge is 0.258 e. The summed E-state index contributed by atoms with van der Waals surface area (Å²) in [4.78, 5) is 24.7. The van der Waals surface area contributed by atoms with E-state index in [1.807, 2.05) is 0 Å². The van der Waals surface area contributed by atoms with Gasteiger partial charge in [0.1, 0.15) is 17.3 Å². The van der Waals surface area contributed by atoms with Crippen LogP contribution in [0.2, 0.25) is 10.0 Å². The molecule has 0 radical (unpaired) electrons. The van der Waals surface area contributed by atoms with Gasteiger partial charge in [0.2, 0.25) is 5.91 Å². The van der Waals surface area contributed by atoms with Crippen LogP contribution in [-0.2, 0) is 9.59 Å². The van der Waals surface area contributed by atoms with Gasteiger partial charge in [0.25, 0.3) is 5.91 Å². The largest absolute Gasteiger partial charge is 0.495 e. The minimum absolute atomic E-state index is 0.0156. The highest BCUT2D eigenvalue weighted by atomic mass is 35.5. The molecule has 166 valence electrons. The normalized spacial score (nSPS) is 18.2. The molecule has 0 spiro atoms. The van der Waals surface area contributed by atoms with E-state index in [0.717, 1.165) is 6.07 Å². The molecule has 0 saturated carbocycles. The summed E-state index contributed by atoms with van der Waals surface area (Å²) in [7, 11) is 1.50. The average molecular weight is 470 g/mol. The van der Waals surface area contributed by atoms with Gasteiger partial charge in [0.05, 0.1) is 23.9 Å². The first kappa shape index (κ1) is 23.1. The van der Waals surface area contributed by atoms with Gasteiger partial charge in [-0.25, -0.2) is 4.39 Å². The average Bonchev–Trinajstić information content (AvgIpc) is 2.76. The van der Waals surface area contributed by atoms with E-state index in [1.165, 1.54) is 19.2 Å². The van der Waals surface area contributed by atoms with E-state index < -0.39 is 11.9 Å². The lowest BCUT2D eigenvalue weighted by Gasteiger charge is -2.29. The summed E-state index contributed by atoms with van der Waals surface area (Å²) in [6.07, 6.45) is 1.15. The Kier molecular flexibility index (Phi) is 7.95. The standard InChI is InChI=1S/C21H22Cl2FN3O4/c1-30-19-8-12(22)2-6-17(19)27-21(29)18-7-3-13(10-25-18)26-20(28)11-31-14-4-5-15(23)16(24)9-14/h2,4-6,8-9,13,18,25H,3,7,10-11H2,1H3,(H,26,28)(H,27,29). The van der Waals surface area contributed by atoms with Gasteiger partial charge in [-0.15, -0.1) is 0 Å². The van der Waals surface area contributed by atoms with Gasteiger partial charge in [-0.3, -0.25) is 9.59 Å². The van der Waals surface area contributed by atoms with Crippen LogP contribution < -0.4 is 25.4 Å². The lowest BCUT2D eigenvalue weighted by molar-refractivity contribution is -0.124. The van der Waals surface area contributed by atoms with Gasteiger partial charge in [-0.05, 0) is 37.1 Å². The van der Waals surface area contributed by atoms with Crippen LogP contribution in [-0.4, -0.2) is 44.2 Å². The second-order valence-electron chi connectivity index (χ2n) is 7.00. The number of methoxy groups -OCH3 is 1. The molecule has 2 unspecified atom stereocenters. The Hall–Kier alpha value is -2.55. The number of carbonyl (C=O) groups excluding carboxylic acids is 2. The summed E-state index contributed by atoms with van der Waals surface area (Å²) in [6, 6.07) is 8.39. The second-order valence-corrected chi connectivity index (χ2v) is 7.84. The number of benzene rings is 2. The molecule has 10 heteroatoms. The number of nitrogens with one attached hydrogen (secondary N) is 3. The van der Waals surface area contributed by atoms with Crippen molar-refractivity contribution < 1.29 is 23.5 Å². The number of hydrogen-bond acceptors (Lipinski definition) is 5. The molecule has 1 heterocycles. The van der Waals surface area contributed by atoms with E-state index in [0.29, 0.717) is 35.8 Å². The van der Waals surface area contributed by atoms with Crippen LogP contribution in [0.4, 0.5) is 10.1 Å². The summed E-state index contributed by atoms with van der Waals surface area (Å²) >= 11 is 11.6. The molecule has 7 nitrogen and oxygen atoms in total. The quantitative estimate of drug-likeness (QED) is 0.578. The molecule has 1 saturated heterocycles. The maximum absolute atomic E-state index is 13.4. The van der Waals surface area contributed by atoms with Crippen LogP contribution in [0.25, 0.3) is 0 Å². The van der Waals surface area contributed by atoms with Crippen molar-refractivity contribution in [3.05, 3.63) is 52.3 Å². The molecular formula is C21H22Cl2FN3O4. The zero-order chi connectivity index (χ0) is 22.4. The number of hydrogen-bond donors (Lipinski definition) is 3. The first-order chi connectivity index (χ1) is 14.9. The number of rotatable bonds is 7. The fourth-order valence-corrected chi connectivity index (χ4v) is 3.46. The lowest BCUT2D eigenvalue weighted by atomic mass is 10.00. The first-order valence-electron chi connectivity index (χ1n) is 9.60. The Morgan fingerprint density at radius 1 is 1.19 bits per heavy atom. The first-order valence-corrected chi connectivity index (χ1v) is 10.4. The van der Waals surface area contributed by atoms with Gasteiger partial charge < -0.3 is 25.4 Å². The summed E-state index contributed by atoms with van der Waals surface area (Å²) in [5, 5.41) is 9.29. The van der Waals surface area contributed by atoms with Crippen LogP contribution in [0.15, 0.2) is 36.4 Å². The summed E-state index contributed by atoms with van der Waals surface area (Å²) in [5.41, 5.74) is 0.532. The lowest BCUT2D eigenvalue weighted by Crippen LogP contribution is -2.53. The number of amides is 2. The van der Waals surface area contributed by atoms with Crippen LogP contribution in [0.5, 0.6) is 11.5 Å². The maximum Gasteiger partial charge on any atom is 0.258 e. The number of carbonyl (C=O) groups is 2. The Labute approximate surface area is 189 Å². The van der Waals surface area contributed by atoms with E-state index in [9.17, 15) is 14.0 Å². The van der Waals surface area contributed by atoms with Crippen molar-refractivity contribution >= 4 is 40.7 Å². The Bertz CT molecular complexity index is 952. The fraction of sp³-hybridized carbons (Fsp3) is 0.333. The Morgan fingerprint density at radius 3 is 2.68 bits per heavy atom. The van der Waals surface area contributed by atoms with Gasteiger partial charge in [0.15, 0.2) is 6.61 Å². The Morgan fingerprint density at radius 2 is 2.00 bits per heavy atom.